The predicted octanol–water partition coefficient (Wildman–Crippen LogP) is 3.18. The number of alkyl halides is 3. The van der Waals surface area contributed by atoms with Crippen LogP contribution in [-0.4, -0.2) is 24.3 Å². The molecule has 1 N–H and O–H groups in total. The minimum atomic E-state index is -4.22. The summed E-state index contributed by atoms with van der Waals surface area (Å²) in [7, 11) is 0. The van der Waals surface area contributed by atoms with Gasteiger partial charge in [0.25, 0.3) is 0 Å². The van der Waals surface area contributed by atoms with Gasteiger partial charge in [-0.1, -0.05) is 18.5 Å². The van der Waals surface area contributed by atoms with Crippen LogP contribution in [0.1, 0.15) is 19.0 Å². The highest BCUT2D eigenvalue weighted by atomic mass is 35.5. The lowest BCUT2D eigenvalue weighted by molar-refractivity contribution is -0.139. The minimum absolute atomic E-state index is 0.150. The topological polar surface area (TPSA) is 34.2 Å². The molecule has 0 aliphatic carbocycles. The largest absolute Gasteiger partial charge is 0.477 e. The molecule has 0 atom stereocenters. The summed E-state index contributed by atoms with van der Waals surface area (Å²) in [4.78, 5) is 4.05. The Morgan fingerprint density at radius 3 is 2.72 bits per heavy atom. The van der Waals surface area contributed by atoms with Crippen LogP contribution < -0.4 is 10.1 Å². The summed E-state index contributed by atoms with van der Waals surface area (Å²) in [6, 6.07) is 3.01. The number of pyridine rings is 1. The maximum atomic E-state index is 11.9. The second-order valence-electron chi connectivity index (χ2n) is 3.57. The quantitative estimate of drug-likeness (QED) is 0.870. The van der Waals surface area contributed by atoms with Gasteiger partial charge in [-0.2, -0.15) is 13.2 Å². The second kappa shape index (κ2) is 6.80. The van der Waals surface area contributed by atoms with E-state index in [4.69, 9.17) is 16.3 Å². The molecule has 3 nitrogen and oxygen atoms in total. The standard InChI is InChI=1S/C11H14ClF3N2O/c1-2-16-7-9-8(12)3-4-10(17-9)18-6-5-11(13,14)15/h3-4,16H,2,5-7H2,1H3. The second-order valence-corrected chi connectivity index (χ2v) is 3.98. The zero-order valence-electron chi connectivity index (χ0n) is 9.85. The third kappa shape index (κ3) is 5.55. The number of aromatic nitrogens is 1. The van der Waals surface area contributed by atoms with Crippen molar-refractivity contribution in [1.82, 2.24) is 10.3 Å². The highest BCUT2D eigenvalue weighted by Crippen LogP contribution is 2.21. The minimum Gasteiger partial charge on any atom is -0.477 e. The number of nitrogens with zero attached hydrogens (tertiary/aromatic N) is 1. The van der Waals surface area contributed by atoms with E-state index in [-0.39, 0.29) is 5.88 Å². The molecule has 0 saturated heterocycles. The van der Waals surface area contributed by atoms with Crippen molar-refractivity contribution in [1.29, 1.82) is 0 Å². The van der Waals surface area contributed by atoms with Gasteiger partial charge in [0, 0.05) is 12.6 Å². The van der Waals surface area contributed by atoms with Crippen LogP contribution in [0.15, 0.2) is 12.1 Å². The molecule has 0 fully saturated rings. The van der Waals surface area contributed by atoms with Crippen LogP contribution in [0.25, 0.3) is 0 Å². The van der Waals surface area contributed by atoms with Gasteiger partial charge in [-0.25, -0.2) is 4.98 Å². The first-order valence-electron chi connectivity index (χ1n) is 5.48. The Bertz CT molecular complexity index is 385. The average Bonchev–Trinajstić information content (AvgIpc) is 2.28. The summed E-state index contributed by atoms with van der Waals surface area (Å²) in [6.45, 7) is 2.68. The summed E-state index contributed by atoms with van der Waals surface area (Å²) in [5, 5.41) is 3.49. The Kier molecular flexibility index (Phi) is 5.68. The van der Waals surface area contributed by atoms with Crippen LogP contribution in [0, 0.1) is 0 Å². The Balaban J connectivity index is 2.56. The summed E-state index contributed by atoms with van der Waals surface area (Å²) >= 11 is 5.90. The van der Waals surface area contributed by atoms with Gasteiger partial charge in [-0.05, 0) is 12.6 Å². The Morgan fingerprint density at radius 1 is 1.39 bits per heavy atom. The van der Waals surface area contributed by atoms with Crippen molar-refractivity contribution in [3.8, 4) is 5.88 Å². The van der Waals surface area contributed by atoms with E-state index in [1.54, 1.807) is 6.07 Å². The molecule has 1 rings (SSSR count). The van der Waals surface area contributed by atoms with Crippen molar-refractivity contribution in [2.75, 3.05) is 13.2 Å². The van der Waals surface area contributed by atoms with E-state index in [0.717, 1.165) is 6.54 Å². The van der Waals surface area contributed by atoms with Crippen LogP contribution in [-0.2, 0) is 6.54 Å². The molecule has 1 aromatic rings. The highest BCUT2D eigenvalue weighted by molar-refractivity contribution is 6.31. The van der Waals surface area contributed by atoms with E-state index in [9.17, 15) is 13.2 Å². The highest BCUT2D eigenvalue weighted by Gasteiger charge is 2.26. The maximum Gasteiger partial charge on any atom is 0.392 e. The number of hydrogen-bond donors (Lipinski definition) is 1. The summed E-state index contributed by atoms with van der Waals surface area (Å²) < 4.78 is 40.8. The van der Waals surface area contributed by atoms with Gasteiger partial charge in [-0.15, -0.1) is 0 Å². The fraction of sp³-hybridized carbons (Fsp3) is 0.545. The lowest BCUT2D eigenvalue weighted by atomic mass is 10.3. The zero-order valence-corrected chi connectivity index (χ0v) is 10.6. The number of ether oxygens (including phenoxy) is 1. The van der Waals surface area contributed by atoms with Crippen molar-refractivity contribution < 1.29 is 17.9 Å². The zero-order chi connectivity index (χ0) is 13.6. The van der Waals surface area contributed by atoms with Crippen molar-refractivity contribution >= 4 is 11.6 Å². The lowest BCUT2D eigenvalue weighted by Crippen LogP contribution is -2.15. The summed E-state index contributed by atoms with van der Waals surface area (Å²) in [5.41, 5.74) is 0.558. The van der Waals surface area contributed by atoms with Crippen molar-refractivity contribution in [2.45, 2.75) is 26.1 Å². The molecule has 18 heavy (non-hydrogen) atoms. The van der Waals surface area contributed by atoms with E-state index < -0.39 is 19.2 Å². The molecular formula is C11H14ClF3N2O. The van der Waals surface area contributed by atoms with Crippen LogP contribution in [0.5, 0.6) is 5.88 Å². The molecule has 1 aromatic heterocycles. The van der Waals surface area contributed by atoms with Crippen molar-refractivity contribution in [3.05, 3.63) is 22.8 Å². The van der Waals surface area contributed by atoms with Gasteiger partial charge < -0.3 is 10.1 Å². The number of nitrogens with one attached hydrogen (secondary N) is 1. The fourth-order valence-corrected chi connectivity index (χ4v) is 1.36. The average molecular weight is 283 g/mol. The van der Waals surface area contributed by atoms with Gasteiger partial charge >= 0.3 is 6.18 Å². The van der Waals surface area contributed by atoms with Gasteiger partial charge in [0.15, 0.2) is 0 Å². The number of halogens is 4. The van der Waals surface area contributed by atoms with Crippen LogP contribution >= 0.6 is 11.6 Å². The van der Waals surface area contributed by atoms with E-state index in [2.05, 4.69) is 10.3 Å². The van der Waals surface area contributed by atoms with Gasteiger partial charge in [-0.3, -0.25) is 0 Å². The van der Waals surface area contributed by atoms with Gasteiger partial charge in [0.2, 0.25) is 5.88 Å². The molecule has 102 valence electrons. The molecule has 0 unspecified atom stereocenters. The Labute approximate surface area is 108 Å². The van der Waals surface area contributed by atoms with Crippen LogP contribution in [0.2, 0.25) is 5.02 Å². The SMILES string of the molecule is CCNCc1nc(OCCC(F)(F)F)ccc1Cl. The molecular weight excluding hydrogens is 269 g/mol. The molecule has 0 spiro atoms. The van der Waals surface area contributed by atoms with Crippen LogP contribution in [0.4, 0.5) is 13.2 Å². The van der Waals surface area contributed by atoms with Crippen molar-refractivity contribution in [3.63, 3.8) is 0 Å². The molecule has 0 aliphatic rings. The predicted molar refractivity (Wildman–Crippen MR) is 62.8 cm³/mol. The van der Waals surface area contributed by atoms with Crippen molar-refractivity contribution in [2.24, 2.45) is 0 Å². The van der Waals surface area contributed by atoms with Gasteiger partial charge in [0.05, 0.1) is 23.7 Å². The Hall–Kier alpha value is -1.01. The lowest BCUT2D eigenvalue weighted by Gasteiger charge is -2.10. The van der Waals surface area contributed by atoms with E-state index in [1.165, 1.54) is 6.07 Å². The molecule has 0 bridgehead atoms. The first-order valence-corrected chi connectivity index (χ1v) is 5.86. The number of rotatable bonds is 6. The third-order valence-corrected chi connectivity index (χ3v) is 2.42. The first kappa shape index (κ1) is 15.0. The maximum absolute atomic E-state index is 11.9. The normalized spacial score (nSPS) is 11.6. The van der Waals surface area contributed by atoms with E-state index >= 15 is 0 Å². The molecule has 0 aliphatic heterocycles. The monoisotopic (exact) mass is 282 g/mol. The van der Waals surface area contributed by atoms with E-state index in [0.29, 0.717) is 17.3 Å². The molecule has 7 heteroatoms. The molecule has 1 heterocycles. The fourth-order valence-electron chi connectivity index (χ4n) is 1.18. The van der Waals surface area contributed by atoms with E-state index in [1.807, 2.05) is 6.92 Å². The smallest absolute Gasteiger partial charge is 0.392 e. The molecule has 0 saturated carbocycles. The molecule has 0 radical (unpaired) electrons. The number of hydrogen-bond acceptors (Lipinski definition) is 3. The molecule has 0 amide bonds. The summed E-state index contributed by atoms with van der Waals surface area (Å²) in [5.74, 6) is 0.150. The van der Waals surface area contributed by atoms with Crippen LogP contribution in [0.3, 0.4) is 0 Å². The van der Waals surface area contributed by atoms with Gasteiger partial charge in [0.1, 0.15) is 0 Å². The Morgan fingerprint density at radius 2 is 2.11 bits per heavy atom. The molecule has 0 aromatic carbocycles. The first-order chi connectivity index (χ1) is 8.42. The summed E-state index contributed by atoms with van der Waals surface area (Å²) in [6.07, 6.45) is -5.22. The third-order valence-electron chi connectivity index (χ3n) is 2.07.